The van der Waals surface area contributed by atoms with E-state index in [9.17, 15) is 0 Å². The minimum atomic E-state index is 0.466. The maximum absolute atomic E-state index is 7.74. The van der Waals surface area contributed by atoms with Crippen LogP contribution in [0.3, 0.4) is 0 Å². The zero-order valence-electron chi connectivity index (χ0n) is 6.38. The van der Waals surface area contributed by atoms with Crippen LogP contribution >= 0.6 is 0 Å². The normalized spacial score (nSPS) is 10.2. The SMILES string of the molecule is CC[CH]CCCCOOO. The fourth-order valence-electron chi connectivity index (χ4n) is 0.691. The number of unbranched alkanes of at least 4 members (excludes halogenated alkanes) is 4. The van der Waals surface area contributed by atoms with Crippen LogP contribution in [0.15, 0.2) is 0 Å². The average Bonchev–Trinajstić information content (AvgIpc) is 1.97. The van der Waals surface area contributed by atoms with E-state index in [2.05, 4.69) is 23.3 Å². The Labute approximate surface area is 61.8 Å². The van der Waals surface area contributed by atoms with Gasteiger partial charge in [-0.2, -0.15) is 0 Å². The Morgan fingerprint density at radius 3 is 2.80 bits per heavy atom. The van der Waals surface area contributed by atoms with Gasteiger partial charge >= 0.3 is 0 Å². The largest absolute Gasteiger partial charge is 0.221 e. The van der Waals surface area contributed by atoms with Crippen LogP contribution in [0, 0.1) is 6.42 Å². The van der Waals surface area contributed by atoms with Crippen molar-refractivity contribution in [3.63, 3.8) is 0 Å². The van der Waals surface area contributed by atoms with Gasteiger partial charge in [-0.3, -0.25) is 0 Å². The topological polar surface area (TPSA) is 38.7 Å². The van der Waals surface area contributed by atoms with Crippen molar-refractivity contribution in [1.82, 2.24) is 0 Å². The van der Waals surface area contributed by atoms with Crippen molar-refractivity contribution in [2.75, 3.05) is 6.61 Å². The molecular weight excluding hydrogens is 132 g/mol. The molecule has 0 amide bonds. The maximum Gasteiger partial charge on any atom is 0.0853 e. The summed E-state index contributed by atoms with van der Waals surface area (Å²) < 4.78 is 0. The van der Waals surface area contributed by atoms with E-state index in [1.165, 1.54) is 0 Å². The van der Waals surface area contributed by atoms with Crippen molar-refractivity contribution < 1.29 is 15.2 Å². The highest BCUT2D eigenvalue weighted by atomic mass is 17.5. The maximum atomic E-state index is 7.74. The number of hydrogen-bond donors (Lipinski definition) is 1. The molecule has 10 heavy (non-hydrogen) atoms. The zero-order chi connectivity index (χ0) is 7.66. The highest BCUT2D eigenvalue weighted by Crippen LogP contribution is 2.00. The van der Waals surface area contributed by atoms with Crippen LogP contribution in [0.25, 0.3) is 0 Å². The second-order valence-electron chi connectivity index (χ2n) is 2.09. The van der Waals surface area contributed by atoms with Crippen molar-refractivity contribution >= 4 is 0 Å². The summed E-state index contributed by atoms with van der Waals surface area (Å²) in [6, 6.07) is 0. The van der Waals surface area contributed by atoms with Crippen molar-refractivity contribution in [1.29, 1.82) is 0 Å². The summed E-state index contributed by atoms with van der Waals surface area (Å²) in [4.78, 5) is 4.26. The van der Waals surface area contributed by atoms with Crippen LogP contribution in [0.5, 0.6) is 0 Å². The zero-order valence-corrected chi connectivity index (χ0v) is 6.38. The molecule has 0 aliphatic carbocycles. The standard InChI is InChI=1S/C7H15O3/c1-2-3-4-5-6-7-9-10-8/h3,8H,2,4-7H2,1H3. The first-order valence-electron chi connectivity index (χ1n) is 3.66. The molecule has 0 aromatic heterocycles. The Morgan fingerprint density at radius 1 is 1.40 bits per heavy atom. The van der Waals surface area contributed by atoms with E-state index in [0.717, 1.165) is 25.7 Å². The van der Waals surface area contributed by atoms with Gasteiger partial charge in [0.15, 0.2) is 0 Å². The lowest BCUT2D eigenvalue weighted by molar-refractivity contribution is -0.490. The molecule has 3 heteroatoms. The molecule has 0 unspecified atom stereocenters. The molecule has 0 aromatic rings. The van der Waals surface area contributed by atoms with Gasteiger partial charge in [-0.15, -0.1) is 0 Å². The Kier molecular flexibility index (Phi) is 8.77. The van der Waals surface area contributed by atoms with Crippen molar-refractivity contribution in [3.8, 4) is 0 Å². The Balaban J connectivity index is 2.65. The van der Waals surface area contributed by atoms with E-state index in [1.807, 2.05) is 0 Å². The van der Waals surface area contributed by atoms with Crippen LogP contribution in [0.4, 0.5) is 0 Å². The Bertz CT molecular complexity index is 48.8. The van der Waals surface area contributed by atoms with Crippen LogP contribution in [-0.4, -0.2) is 11.9 Å². The van der Waals surface area contributed by atoms with E-state index in [0.29, 0.717) is 6.61 Å². The van der Waals surface area contributed by atoms with Gasteiger partial charge in [0.05, 0.1) is 6.61 Å². The third-order valence-electron chi connectivity index (χ3n) is 1.23. The van der Waals surface area contributed by atoms with Crippen molar-refractivity contribution in [2.45, 2.75) is 32.6 Å². The third-order valence-corrected chi connectivity index (χ3v) is 1.23. The van der Waals surface area contributed by atoms with Crippen molar-refractivity contribution in [2.24, 2.45) is 0 Å². The molecule has 0 saturated heterocycles. The quantitative estimate of drug-likeness (QED) is 0.341. The Hall–Kier alpha value is -0.120. The highest BCUT2D eigenvalue weighted by Gasteiger charge is 1.88. The lowest BCUT2D eigenvalue weighted by atomic mass is 10.2. The fourth-order valence-corrected chi connectivity index (χ4v) is 0.691. The summed E-state index contributed by atoms with van der Waals surface area (Å²) in [6.45, 7) is 2.58. The molecule has 0 rings (SSSR count). The predicted molar refractivity (Wildman–Crippen MR) is 38.1 cm³/mol. The van der Waals surface area contributed by atoms with E-state index < -0.39 is 0 Å². The molecular formula is C7H15O3. The summed E-state index contributed by atoms with van der Waals surface area (Å²) >= 11 is 0. The average molecular weight is 147 g/mol. The second kappa shape index (κ2) is 8.88. The van der Waals surface area contributed by atoms with Gasteiger partial charge in [-0.1, -0.05) is 31.2 Å². The molecule has 0 aliphatic rings. The van der Waals surface area contributed by atoms with E-state index in [-0.39, 0.29) is 0 Å². The monoisotopic (exact) mass is 147 g/mol. The summed E-state index contributed by atoms with van der Waals surface area (Å²) in [5, 5.41) is 11.2. The smallest absolute Gasteiger partial charge is 0.0853 e. The Morgan fingerprint density at radius 2 is 2.20 bits per heavy atom. The van der Waals surface area contributed by atoms with Crippen LogP contribution in [0.2, 0.25) is 0 Å². The first-order chi connectivity index (χ1) is 4.91. The van der Waals surface area contributed by atoms with Gasteiger partial charge in [0.25, 0.3) is 0 Å². The molecule has 0 fully saturated rings. The molecule has 0 heterocycles. The lowest BCUT2D eigenvalue weighted by Gasteiger charge is -1.97. The molecule has 61 valence electrons. The van der Waals surface area contributed by atoms with Gasteiger partial charge in [0.2, 0.25) is 0 Å². The van der Waals surface area contributed by atoms with Gasteiger partial charge in [0.1, 0.15) is 0 Å². The van der Waals surface area contributed by atoms with Crippen LogP contribution in [0.1, 0.15) is 32.6 Å². The summed E-state index contributed by atoms with van der Waals surface area (Å²) in [5.74, 6) is 0. The first-order valence-corrected chi connectivity index (χ1v) is 3.66. The molecule has 1 radical (unpaired) electrons. The van der Waals surface area contributed by atoms with Crippen molar-refractivity contribution in [3.05, 3.63) is 6.42 Å². The van der Waals surface area contributed by atoms with E-state index in [1.54, 1.807) is 0 Å². The molecule has 0 bridgehead atoms. The minimum Gasteiger partial charge on any atom is -0.221 e. The minimum absolute atomic E-state index is 0.466. The molecule has 0 atom stereocenters. The molecule has 1 N–H and O–H groups in total. The van der Waals surface area contributed by atoms with Gasteiger partial charge in [-0.25, -0.2) is 10.1 Å². The van der Waals surface area contributed by atoms with E-state index >= 15 is 0 Å². The molecule has 0 saturated carbocycles. The third kappa shape index (κ3) is 7.88. The lowest BCUT2D eigenvalue weighted by Crippen LogP contribution is -1.92. The van der Waals surface area contributed by atoms with Gasteiger partial charge < -0.3 is 0 Å². The number of hydrogen-bond acceptors (Lipinski definition) is 3. The van der Waals surface area contributed by atoms with Gasteiger partial charge in [0, 0.05) is 0 Å². The molecule has 3 nitrogen and oxygen atoms in total. The molecule has 0 aliphatic heterocycles. The van der Waals surface area contributed by atoms with Crippen LogP contribution in [-0.2, 0) is 9.93 Å². The summed E-state index contributed by atoms with van der Waals surface area (Å²) in [7, 11) is 0. The van der Waals surface area contributed by atoms with Crippen LogP contribution < -0.4 is 0 Å². The second-order valence-corrected chi connectivity index (χ2v) is 2.09. The highest BCUT2D eigenvalue weighted by molar-refractivity contribution is 4.60. The first kappa shape index (κ1) is 9.88. The molecule has 0 spiro atoms. The predicted octanol–water partition coefficient (Wildman–Crippen LogP) is 2.19. The summed E-state index contributed by atoms with van der Waals surface area (Å²) in [6.07, 6.45) is 6.48. The van der Waals surface area contributed by atoms with E-state index in [4.69, 9.17) is 5.26 Å². The fraction of sp³-hybridized carbons (Fsp3) is 0.857. The number of rotatable bonds is 7. The molecule has 0 aromatic carbocycles. The summed E-state index contributed by atoms with van der Waals surface area (Å²) in [5.41, 5.74) is 0. The van der Waals surface area contributed by atoms with Gasteiger partial charge in [-0.05, 0) is 12.8 Å².